The van der Waals surface area contributed by atoms with Crippen molar-refractivity contribution in [2.24, 2.45) is 5.92 Å². The minimum absolute atomic E-state index is 0.0936. The van der Waals surface area contributed by atoms with Crippen molar-refractivity contribution in [3.63, 3.8) is 0 Å². The van der Waals surface area contributed by atoms with Gasteiger partial charge in [0.15, 0.2) is 6.10 Å². The van der Waals surface area contributed by atoms with Crippen molar-refractivity contribution in [3.05, 3.63) is 24.3 Å². The van der Waals surface area contributed by atoms with Crippen LogP contribution >= 0.6 is 0 Å². The molecule has 1 saturated carbocycles. The molecule has 0 radical (unpaired) electrons. The Kier molecular flexibility index (Phi) is 4.04. The number of nitrogens with zero attached hydrogens (tertiary/aromatic N) is 1. The molecule has 0 spiro atoms. The third-order valence-corrected chi connectivity index (χ3v) is 4.71. The van der Waals surface area contributed by atoms with Crippen LogP contribution in [0.3, 0.4) is 0 Å². The van der Waals surface area contributed by atoms with Gasteiger partial charge >= 0.3 is 0 Å². The van der Waals surface area contributed by atoms with Crippen molar-refractivity contribution in [2.75, 3.05) is 18.9 Å². The van der Waals surface area contributed by atoms with E-state index in [9.17, 15) is 4.79 Å². The summed E-state index contributed by atoms with van der Waals surface area (Å²) in [6.45, 7) is 2.82. The fourth-order valence-corrected chi connectivity index (χ4v) is 3.41. The highest BCUT2D eigenvalue weighted by Crippen LogP contribution is 2.30. The molecule has 3 atom stereocenters. The van der Waals surface area contributed by atoms with Crippen LogP contribution in [0.2, 0.25) is 0 Å². The first kappa shape index (κ1) is 14.2. The lowest BCUT2D eigenvalue weighted by atomic mass is 9.86. The molecule has 1 aromatic carbocycles. The second-order valence-electron chi connectivity index (χ2n) is 6.36. The molecule has 1 aliphatic heterocycles. The number of carbonyl (C=O) groups is 1. The summed E-state index contributed by atoms with van der Waals surface area (Å²) in [5, 5.41) is 3.29. The smallest absolute Gasteiger partial charge is 0.265 e. The predicted molar refractivity (Wildman–Crippen MR) is 83.5 cm³/mol. The normalized spacial score (nSPS) is 28.0. The number of anilines is 1. The number of hydrogen-bond donors (Lipinski definition) is 1. The molecule has 114 valence electrons. The Morgan fingerprint density at radius 3 is 2.95 bits per heavy atom. The van der Waals surface area contributed by atoms with Crippen LogP contribution in [0.4, 0.5) is 5.69 Å². The lowest BCUT2D eigenvalue weighted by molar-refractivity contribution is -0.140. The molecule has 1 heterocycles. The predicted octanol–water partition coefficient (Wildman–Crippen LogP) is 2.90. The van der Waals surface area contributed by atoms with E-state index in [1.54, 1.807) is 0 Å². The van der Waals surface area contributed by atoms with E-state index in [-0.39, 0.29) is 5.91 Å². The van der Waals surface area contributed by atoms with Gasteiger partial charge in [-0.25, -0.2) is 0 Å². The number of ether oxygens (including phenoxy) is 1. The van der Waals surface area contributed by atoms with Crippen molar-refractivity contribution in [2.45, 2.75) is 44.8 Å². The van der Waals surface area contributed by atoms with E-state index in [2.05, 4.69) is 12.2 Å². The molecule has 1 N–H and O–H groups in total. The average molecular weight is 288 g/mol. The van der Waals surface area contributed by atoms with Crippen molar-refractivity contribution >= 4 is 11.6 Å². The van der Waals surface area contributed by atoms with Gasteiger partial charge in [0.05, 0.1) is 12.2 Å². The molecule has 1 fully saturated rings. The summed E-state index contributed by atoms with van der Waals surface area (Å²) in [6.07, 6.45) is 4.31. The van der Waals surface area contributed by atoms with Crippen LogP contribution in [0.1, 0.15) is 32.6 Å². The highest BCUT2D eigenvalue weighted by Gasteiger charge is 2.32. The van der Waals surface area contributed by atoms with Crippen LogP contribution in [-0.2, 0) is 4.79 Å². The average Bonchev–Trinajstić information content (AvgIpc) is 2.53. The number of fused-ring (bicyclic) bond motifs is 1. The maximum absolute atomic E-state index is 12.7. The number of carbonyl (C=O) groups excluding carboxylic acids is 1. The lowest BCUT2D eigenvalue weighted by Gasteiger charge is -2.37. The summed E-state index contributed by atoms with van der Waals surface area (Å²) in [5.74, 6) is 1.58. The number of likely N-dealkylation sites (N-methyl/N-ethyl adjacent to an activating group) is 1. The summed E-state index contributed by atoms with van der Waals surface area (Å²) >= 11 is 0. The van der Waals surface area contributed by atoms with Gasteiger partial charge in [-0.05, 0) is 30.9 Å². The minimum atomic E-state index is -0.415. The third kappa shape index (κ3) is 2.99. The van der Waals surface area contributed by atoms with Crippen molar-refractivity contribution in [3.8, 4) is 5.75 Å². The van der Waals surface area contributed by atoms with E-state index in [0.717, 1.165) is 24.3 Å². The Labute approximate surface area is 126 Å². The first-order valence-electron chi connectivity index (χ1n) is 7.91. The fourth-order valence-electron chi connectivity index (χ4n) is 3.41. The number of nitrogens with one attached hydrogen (secondary N) is 1. The van der Waals surface area contributed by atoms with Crippen molar-refractivity contribution in [1.29, 1.82) is 0 Å². The molecule has 4 nitrogen and oxygen atoms in total. The minimum Gasteiger partial charge on any atom is -0.477 e. The first-order chi connectivity index (χ1) is 10.1. The van der Waals surface area contributed by atoms with Crippen LogP contribution in [0.15, 0.2) is 24.3 Å². The zero-order chi connectivity index (χ0) is 14.8. The van der Waals surface area contributed by atoms with Gasteiger partial charge in [0.25, 0.3) is 5.91 Å². The SMILES string of the molecule is CC1CCCC(N(C)C(=O)C2CNc3ccccc3O2)C1. The van der Waals surface area contributed by atoms with Crippen LogP contribution < -0.4 is 10.1 Å². The van der Waals surface area contributed by atoms with Gasteiger partial charge in [-0.3, -0.25) is 4.79 Å². The molecule has 1 aromatic rings. The fraction of sp³-hybridized carbons (Fsp3) is 0.588. The van der Waals surface area contributed by atoms with E-state index in [1.807, 2.05) is 36.2 Å². The Morgan fingerprint density at radius 2 is 2.14 bits per heavy atom. The zero-order valence-electron chi connectivity index (χ0n) is 12.8. The second kappa shape index (κ2) is 5.96. The highest BCUT2D eigenvalue weighted by atomic mass is 16.5. The van der Waals surface area contributed by atoms with E-state index in [4.69, 9.17) is 4.74 Å². The lowest BCUT2D eigenvalue weighted by Crippen LogP contribution is -2.49. The molecule has 0 aromatic heterocycles. The Morgan fingerprint density at radius 1 is 1.33 bits per heavy atom. The summed E-state index contributed by atoms with van der Waals surface area (Å²) in [5.41, 5.74) is 0.968. The standard InChI is InChI=1S/C17H24N2O2/c1-12-6-5-7-13(10-12)19(2)17(20)16-11-18-14-8-3-4-9-15(14)21-16/h3-4,8-9,12-13,16,18H,5-7,10-11H2,1-2H3. The topological polar surface area (TPSA) is 41.6 Å². The monoisotopic (exact) mass is 288 g/mol. The Balaban J connectivity index is 1.66. The summed E-state index contributed by atoms with van der Waals surface area (Å²) in [6, 6.07) is 8.14. The highest BCUT2D eigenvalue weighted by molar-refractivity contribution is 5.83. The van der Waals surface area contributed by atoms with Crippen LogP contribution in [-0.4, -0.2) is 36.5 Å². The molecule has 3 rings (SSSR count). The molecule has 0 saturated heterocycles. The maximum atomic E-state index is 12.7. The summed E-state index contributed by atoms with van der Waals surface area (Å²) < 4.78 is 5.88. The maximum Gasteiger partial charge on any atom is 0.265 e. The second-order valence-corrected chi connectivity index (χ2v) is 6.36. The largest absolute Gasteiger partial charge is 0.477 e. The van der Waals surface area contributed by atoms with Crippen LogP contribution in [0.25, 0.3) is 0 Å². The quantitative estimate of drug-likeness (QED) is 0.910. The molecule has 2 aliphatic rings. The van der Waals surface area contributed by atoms with E-state index in [0.29, 0.717) is 18.5 Å². The number of para-hydroxylation sites is 2. The Hall–Kier alpha value is -1.71. The molecule has 1 aliphatic carbocycles. The first-order valence-corrected chi connectivity index (χ1v) is 7.91. The molecule has 21 heavy (non-hydrogen) atoms. The Bertz CT molecular complexity index is 517. The van der Waals surface area contributed by atoms with E-state index in [1.165, 1.54) is 12.8 Å². The van der Waals surface area contributed by atoms with Gasteiger partial charge < -0.3 is 15.0 Å². The van der Waals surface area contributed by atoms with E-state index >= 15 is 0 Å². The van der Waals surface area contributed by atoms with Gasteiger partial charge in [0.2, 0.25) is 0 Å². The summed E-state index contributed by atoms with van der Waals surface area (Å²) in [7, 11) is 1.93. The van der Waals surface area contributed by atoms with Gasteiger partial charge in [-0.1, -0.05) is 31.9 Å². The van der Waals surface area contributed by atoms with Gasteiger partial charge in [-0.2, -0.15) is 0 Å². The van der Waals surface area contributed by atoms with Gasteiger partial charge in [0, 0.05) is 13.1 Å². The number of rotatable bonds is 2. The van der Waals surface area contributed by atoms with Gasteiger partial charge in [-0.15, -0.1) is 0 Å². The number of amides is 1. The van der Waals surface area contributed by atoms with Crippen molar-refractivity contribution < 1.29 is 9.53 Å². The zero-order valence-corrected chi connectivity index (χ0v) is 12.8. The molecule has 0 bridgehead atoms. The van der Waals surface area contributed by atoms with Crippen LogP contribution in [0, 0.1) is 5.92 Å². The number of benzene rings is 1. The third-order valence-electron chi connectivity index (χ3n) is 4.71. The van der Waals surface area contributed by atoms with Crippen molar-refractivity contribution in [1.82, 2.24) is 4.90 Å². The molecular weight excluding hydrogens is 264 g/mol. The van der Waals surface area contributed by atoms with E-state index < -0.39 is 6.10 Å². The molecule has 1 amide bonds. The number of hydrogen-bond acceptors (Lipinski definition) is 3. The summed E-state index contributed by atoms with van der Waals surface area (Å²) in [4.78, 5) is 14.6. The molecular formula is C17H24N2O2. The van der Waals surface area contributed by atoms with Crippen LogP contribution in [0.5, 0.6) is 5.75 Å². The molecule has 3 unspecified atom stereocenters. The van der Waals surface area contributed by atoms with Gasteiger partial charge in [0.1, 0.15) is 5.75 Å². The molecule has 4 heteroatoms.